The summed E-state index contributed by atoms with van der Waals surface area (Å²) in [6, 6.07) is 4.57. The largest absolute Gasteiger partial charge is 0.444 e. The number of cyclic esters (lactones) is 1. The number of ether oxygens (including phenoxy) is 1. The molecule has 2 atom stereocenters. The third kappa shape index (κ3) is 3.42. The SMILES string of the molecule is [N-]=[N+]=NC[C@H]1CN(c2ccc(C3=CC[S@](=O)CC3)c(F)c2)C(=O)O1. The molecule has 24 heavy (non-hydrogen) atoms. The van der Waals surface area contributed by atoms with Gasteiger partial charge in [0.25, 0.3) is 0 Å². The molecule has 1 fully saturated rings. The van der Waals surface area contributed by atoms with Gasteiger partial charge in [0.15, 0.2) is 0 Å². The van der Waals surface area contributed by atoms with E-state index in [0.717, 1.165) is 5.57 Å². The van der Waals surface area contributed by atoms with Crippen LogP contribution in [0.4, 0.5) is 14.9 Å². The van der Waals surface area contributed by atoms with E-state index in [0.29, 0.717) is 29.2 Å². The molecular formula is C15H15FN4O3S. The molecule has 0 radical (unpaired) electrons. The van der Waals surface area contributed by atoms with Crippen molar-refractivity contribution in [1.82, 2.24) is 0 Å². The third-order valence-electron chi connectivity index (χ3n) is 3.95. The number of halogens is 1. The van der Waals surface area contributed by atoms with Gasteiger partial charge in [-0.25, -0.2) is 9.18 Å². The van der Waals surface area contributed by atoms with Crippen LogP contribution in [0.5, 0.6) is 0 Å². The number of carbonyl (C=O) groups is 1. The Bertz CT molecular complexity index is 776. The first-order valence-corrected chi connectivity index (χ1v) is 8.90. The van der Waals surface area contributed by atoms with Crippen molar-refractivity contribution in [3.05, 3.63) is 46.1 Å². The molecule has 0 bridgehead atoms. The third-order valence-corrected chi connectivity index (χ3v) is 5.15. The summed E-state index contributed by atoms with van der Waals surface area (Å²) in [5.74, 6) is 0.542. The normalized spacial score (nSPS) is 23.5. The minimum absolute atomic E-state index is 0.0450. The van der Waals surface area contributed by atoms with Crippen LogP contribution in [0.15, 0.2) is 29.4 Å². The predicted octanol–water partition coefficient (Wildman–Crippen LogP) is 3.00. The maximum atomic E-state index is 14.5. The Hall–Kier alpha value is -2.38. The lowest BCUT2D eigenvalue weighted by Crippen LogP contribution is -2.25. The van der Waals surface area contributed by atoms with Gasteiger partial charge in [-0.1, -0.05) is 11.2 Å². The molecule has 9 heteroatoms. The Kier molecular flexibility index (Phi) is 4.82. The average Bonchev–Trinajstić information content (AvgIpc) is 2.95. The summed E-state index contributed by atoms with van der Waals surface area (Å²) >= 11 is 0. The van der Waals surface area contributed by atoms with E-state index in [1.54, 1.807) is 18.2 Å². The van der Waals surface area contributed by atoms with Gasteiger partial charge in [-0.05, 0) is 35.7 Å². The van der Waals surface area contributed by atoms with Crippen LogP contribution < -0.4 is 4.90 Å². The van der Waals surface area contributed by atoms with Gasteiger partial charge in [0.05, 0.1) is 18.8 Å². The van der Waals surface area contributed by atoms with Gasteiger partial charge in [-0.15, -0.1) is 0 Å². The summed E-state index contributed by atoms with van der Waals surface area (Å²) < 4.78 is 30.9. The Morgan fingerprint density at radius 3 is 3.00 bits per heavy atom. The number of hydrogen-bond acceptors (Lipinski definition) is 4. The molecule has 2 heterocycles. The molecule has 3 rings (SSSR count). The lowest BCUT2D eigenvalue weighted by molar-refractivity contribution is 0.145. The van der Waals surface area contributed by atoms with Crippen molar-refractivity contribution < 1.29 is 18.1 Å². The number of nitrogens with zero attached hydrogens (tertiary/aromatic N) is 4. The molecule has 1 aromatic rings. The van der Waals surface area contributed by atoms with Crippen molar-refractivity contribution in [2.75, 3.05) is 29.5 Å². The predicted molar refractivity (Wildman–Crippen MR) is 88.5 cm³/mol. The van der Waals surface area contributed by atoms with Crippen LogP contribution in [0.25, 0.3) is 16.0 Å². The molecule has 1 saturated heterocycles. The molecule has 0 aromatic heterocycles. The van der Waals surface area contributed by atoms with Crippen LogP contribution in [0.3, 0.4) is 0 Å². The average molecular weight is 350 g/mol. The van der Waals surface area contributed by atoms with E-state index in [-0.39, 0.29) is 13.1 Å². The maximum Gasteiger partial charge on any atom is 0.414 e. The molecule has 0 unspecified atom stereocenters. The number of anilines is 1. The van der Waals surface area contributed by atoms with E-state index >= 15 is 0 Å². The lowest BCUT2D eigenvalue weighted by Gasteiger charge is -2.17. The Morgan fingerprint density at radius 1 is 1.50 bits per heavy atom. The van der Waals surface area contributed by atoms with Gasteiger partial charge in [0, 0.05) is 32.8 Å². The summed E-state index contributed by atoms with van der Waals surface area (Å²) in [7, 11) is -0.862. The second kappa shape index (κ2) is 7.02. The Balaban J connectivity index is 1.79. The van der Waals surface area contributed by atoms with E-state index in [4.69, 9.17) is 10.3 Å². The zero-order chi connectivity index (χ0) is 17.1. The number of carbonyl (C=O) groups excluding carboxylic acids is 1. The molecule has 1 amide bonds. The zero-order valence-electron chi connectivity index (χ0n) is 12.7. The number of allylic oxidation sites excluding steroid dienone is 1. The Labute approximate surface area is 140 Å². The van der Waals surface area contributed by atoms with Crippen molar-refractivity contribution in [3.8, 4) is 0 Å². The molecular weight excluding hydrogens is 335 g/mol. The molecule has 126 valence electrons. The fourth-order valence-electron chi connectivity index (χ4n) is 2.73. The smallest absolute Gasteiger partial charge is 0.414 e. The van der Waals surface area contributed by atoms with Gasteiger partial charge >= 0.3 is 6.09 Å². The van der Waals surface area contributed by atoms with E-state index in [2.05, 4.69) is 10.0 Å². The number of rotatable bonds is 4. The number of azide groups is 1. The zero-order valence-corrected chi connectivity index (χ0v) is 13.5. The Morgan fingerprint density at radius 2 is 2.33 bits per heavy atom. The monoisotopic (exact) mass is 350 g/mol. The van der Waals surface area contributed by atoms with Crippen molar-refractivity contribution in [2.45, 2.75) is 12.5 Å². The van der Waals surface area contributed by atoms with E-state index < -0.39 is 28.8 Å². The molecule has 0 spiro atoms. The minimum atomic E-state index is -0.862. The molecule has 1 aromatic carbocycles. The number of amides is 1. The van der Waals surface area contributed by atoms with Crippen molar-refractivity contribution in [2.24, 2.45) is 5.11 Å². The van der Waals surface area contributed by atoms with Crippen LogP contribution in [0.1, 0.15) is 12.0 Å². The highest BCUT2D eigenvalue weighted by molar-refractivity contribution is 7.85. The maximum absolute atomic E-state index is 14.5. The first-order chi connectivity index (χ1) is 11.6. The second-order valence-corrected chi connectivity index (χ2v) is 7.11. The summed E-state index contributed by atoms with van der Waals surface area (Å²) in [6.45, 7) is 0.252. The van der Waals surface area contributed by atoms with Gasteiger partial charge in [0.1, 0.15) is 11.9 Å². The van der Waals surface area contributed by atoms with Crippen LogP contribution in [-0.2, 0) is 15.5 Å². The van der Waals surface area contributed by atoms with E-state index in [1.807, 2.05) is 0 Å². The molecule has 2 aliphatic rings. The van der Waals surface area contributed by atoms with Gasteiger partial charge in [-0.3, -0.25) is 9.11 Å². The first-order valence-electron chi connectivity index (χ1n) is 7.41. The van der Waals surface area contributed by atoms with Crippen LogP contribution in [0, 0.1) is 5.82 Å². The highest BCUT2D eigenvalue weighted by Crippen LogP contribution is 2.29. The van der Waals surface area contributed by atoms with E-state index in [1.165, 1.54) is 11.0 Å². The van der Waals surface area contributed by atoms with Crippen molar-refractivity contribution in [3.63, 3.8) is 0 Å². The first kappa shape index (κ1) is 16.5. The fraction of sp³-hybridized carbons (Fsp3) is 0.400. The molecule has 0 saturated carbocycles. The van der Waals surface area contributed by atoms with Gasteiger partial charge < -0.3 is 4.74 Å². The van der Waals surface area contributed by atoms with Crippen LogP contribution >= 0.6 is 0 Å². The van der Waals surface area contributed by atoms with Crippen molar-refractivity contribution >= 4 is 28.2 Å². The van der Waals surface area contributed by atoms with Crippen molar-refractivity contribution in [1.29, 1.82) is 0 Å². The standard InChI is InChI=1S/C15H15FN4O3S/c16-14-7-11(20-9-12(8-18-19-17)23-15(20)21)1-2-13(14)10-3-5-24(22)6-4-10/h1-3,7,12H,4-6,8-9H2/t12-,24-/m0/s1. The number of hydrogen-bond donors (Lipinski definition) is 0. The quantitative estimate of drug-likeness (QED) is 0.474. The van der Waals surface area contributed by atoms with Crippen LogP contribution in [-0.4, -0.2) is 41.0 Å². The number of benzene rings is 1. The van der Waals surface area contributed by atoms with Gasteiger partial charge in [0.2, 0.25) is 0 Å². The summed E-state index contributed by atoms with van der Waals surface area (Å²) in [5, 5.41) is 3.39. The molecule has 0 N–H and O–H groups in total. The molecule has 7 nitrogen and oxygen atoms in total. The topological polar surface area (TPSA) is 95.4 Å². The van der Waals surface area contributed by atoms with Crippen LogP contribution in [0.2, 0.25) is 0 Å². The highest BCUT2D eigenvalue weighted by Gasteiger charge is 2.32. The van der Waals surface area contributed by atoms with E-state index in [9.17, 15) is 13.4 Å². The lowest BCUT2D eigenvalue weighted by atomic mass is 10.0. The summed E-state index contributed by atoms with van der Waals surface area (Å²) in [4.78, 5) is 15.8. The minimum Gasteiger partial charge on any atom is -0.444 e. The fourth-order valence-corrected chi connectivity index (χ4v) is 3.74. The summed E-state index contributed by atoms with van der Waals surface area (Å²) in [6.07, 6.45) is 1.25. The molecule has 0 aliphatic carbocycles. The molecule has 2 aliphatic heterocycles. The second-order valence-electron chi connectivity index (χ2n) is 5.48. The summed E-state index contributed by atoms with van der Waals surface area (Å²) in [5.41, 5.74) is 10.0. The van der Waals surface area contributed by atoms with Gasteiger partial charge in [-0.2, -0.15) is 0 Å². The highest BCUT2D eigenvalue weighted by atomic mass is 32.2.